The van der Waals surface area contributed by atoms with Crippen LogP contribution in [-0.4, -0.2) is 23.3 Å². The first-order chi connectivity index (χ1) is 13.7. The zero-order valence-electron chi connectivity index (χ0n) is 15.1. The number of rotatable bonds is 6. The summed E-state index contributed by atoms with van der Waals surface area (Å²) in [5.74, 6) is -0.420. The molecule has 0 saturated heterocycles. The summed E-state index contributed by atoms with van der Waals surface area (Å²) in [7, 11) is 0. The maximum Gasteiger partial charge on any atom is 0.265 e. The number of aromatic amines is 1. The largest absolute Gasteiger partial charge is 0.361 e. The maximum absolute atomic E-state index is 12.7. The van der Waals surface area contributed by atoms with E-state index in [0.717, 1.165) is 17.5 Å². The first kappa shape index (κ1) is 18.0. The number of para-hydroxylation sites is 2. The zero-order chi connectivity index (χ0) is 19.3. The van der Waals surface area contributed by atoms with Crippen LogP contribution in [0.5, 0.6) is 0 Å². The van der Waals surface area contributed by atoms with E-state index in [1.54, 1.807) is 30.3 Å². The molecule has 140 valence electrons. The monoisotopic (exact) mass is 389 g/mol. The van der Waals surface area contributed by atoms with E-state index in [2.05, 4.69) is 21.7 Å². The number of hydrogen-bond donors (Lipinski definition) is 3. The first-order valence-electron chi connectivity index (χ1n) is 8.99. The van der Waals surface area contributed by atoms with E-state index in [9.17, 15) is 9.59 Å². The number of nitrogens with one attached hydrogen (secondary N) is 3. The fourth-order valence-corrected chi connectivity index (χ4v) is 3.75. The average Bonchev–Trinajstić information content (AvgIpc) is 3.39. The van der Waals surface area contributed by atoms with E-state index >= 15 is 0 Å². The van der Waals surface area contributed by atoms with Crippen molar-refractivity contribution < 1.29 is 9.59 Å². The summed E-state index contributed by atoms with van der Waals surface area (Å²) in [6.07, 6.45) is 2.70. The molecule has 5 nitrogen and oxygen atoms in total. The molecule has 4 aromatic rings. The molecule has 2 amide bonds. The number of thiophene rings is 1. The van der Waals surface area contributed by atoms with Crippen LogP contribution in [0.25, 0.3) is 10.9 Å². The van der Waals surface area contributed by atoms with Gasteiger partial charge in [0.2, 0.25) is 0 Å². The van der Waals surface area contributed by atoms with Gasteiger partial charge < -0.3 is 15.6 Å². The number of carbonyl (C=O) groups is 2. The Morgan fingerprint density at radius 2 is 1.75 bits per heavy atom. The molecule has 0 aliphatic rings. The van der Waals surface area contributed by atoms with Gasteiger partial charge in [0.1, 0.15) is 0 Å². The highest BCUT2D eigenvalue weighted by Crippen LogP contribution is 2.19. The highest BCUT2D eigenvalue weighted by Gasteiger charge is 2.14. The summed E-state index contributed by atoms with van der Waals surface area (Å²) >= 11 is 1.36. The molecule has 0 atom stereocenters. The molecule has 0 aliphatic heterocycles. The van der Waals surface area contributed by atoms with Crippen molar-refractivity contribution in [2.75, 3.05) is 11.9 Å². The third kappa shape index (κ3) is 3.82. The highest BCUT2D eigenvalue weighted by atomic mass is 32.1. The lowest BCUT2D eigenvalue weighted by Crippen LogP contribution is -2.27. The smallest absolute Gasteiger partial charge is 0.265 e. The summed E-state index contributed by atoms with van der Waals surface area (Å²) < 4.78 is 0. The molecule has 0 aliphatic carbocycles. The van der Waals surface area contributed by atoms with Gasteiger partial charge in [0.15, 0.2) is 0 Å². The summed E-state index contributed by atoms with van der Waals surface area (Å²) in [4.78, 5) is 28.8. The lowest BCUT2D eigenvalue weighted by molar-refractivity contribution is 0.0955. The van der Waals surface area contributed by atoms with Gasteiger partial charge in [0.25, 0.3) is 11.8 Å². The molecular weight excluding hydrogens is 370 g/mol. The van der Waals surface area contributed by atoms with Gasteiger partial charge >= 0.3 is 0 Å². The Morgan fingerprint density at radius 1 is 0.929 bits per heavy atom. The van der Waals surface area contributed by atoms with Gasteiger partial charge in [-0.05, 0) is 41.6 Å². The molecule has 0 radical (unpaired) electrons. The fraction of sp³-hybridized carbons (Fsp3) is 0.0909. The fourth-order valence-electron chi connectivity index (χ4n) is 3.13. The van der Waals surface area contributed by atoms with Gasteiger partial charge in [-0.25, -0.2) is 0 Å². The molecule has 0 fully saturated rings. The minimum absolute atomic E-state index is 0.207. The van der Waals surface area contributed by atoms with E-state index in [0.29, 0.717) is 22.7 Å². The Morgan fingerprint density at radius 3 is 2.61 bits per heavy atom. The summed E-state index contributed by atoms with van der Waals surface area (Å²) in [6.45, 7) is 0.508. The van der Waals surface area contributed by atoms with Gasteiger partial charge in [-0.3, -0.25) is 9.59 Å². The Balaban J connectivity index is 1.41. The molecule has 6 heteroatoms. The zero-order valence-corrected chi connectivity index (χ0v) is 15.9. The van der Waals surface area contributed by atoms with Crippen LogP contribution in [0.3, 0.4) is 0 Å². The van der Waals surface area contributed by atoms with Gasteiger partial charge in [-0.1, -0.05) is 36.4 Å². The number of hydrogen-bond acceptors (Lipinski definition) is 3. The van der Waals surface area contributed by atoms with Crippen molar-refractivity contribution in [3.63, 3.8) is 0 Å². The van der Waals surface area contributed by atoms with E-state index in [-0.39, 0.29) is 11.8 Å². The lowest BCUT2D eigenvalue weighted by atomic mass is 10.1. The van der Waals surface area contributed by atoms with Crippen LogP contribution >= 0.6 is 11.3 Å². The van der Waals surface area contributed by atoms with E-state index in [4.69, 9.17) is 0 Å². The number of benzene rings is 2. The number of amides is 2. The number of fused-ring (bicyclic) bond motifs is 1. The second-order valence-corrected chi connectivity index (χ2v) is 7.29. The predicted octanol–water partition coefficient (Wildman–Crippen LogP) is 4.45. The van der Waals surface area contributed by atoms with Crippen molar-refractivity contribution in [1.82, 2.24) is 10.3 Å². The minimum atomic E-state index is -0.214. The van der Waals surface area contributed by atoms with Crippen molar-refractivity contribution in [2.45, 2.75) is 6.42 Å². The van der Waals surface area contributed by atoms with Crippen LogP contribution in [0.2, 0.25) is 0 Å². The molecule has 2 aromatic heterocycles. The molecule has 4 rings (SSSR count). The molecule has 0 bridgehead atoms. The Bertz CT molecular complexity index is 1120. The standard InChI is InChI=1S/C22H19N3O2S/c26-21(23-12-11-15-14-24-18-8-3-1-6-16(15)18)17-7-2-4-9-19(17)25-22(27)20-10-5-13-28-20/h1-10,13-14,24H,11-12H2,(H,23,26)(H,25,27). The van der Waals surface area contributed by atoms with Crippen molar-refractivity contribution >= 4 is 39.7 Å². The summed E-state index contributed by atoms with van der Waals surface area (Å²) in [5, 5.41) is 8.79. The summed E-state index contributed by atoms with van der Waals surface area (Å²) in [6, 6.07) is 18.7. The average molecular weight is 389 g/mol. The second kappa shape index (κ2) is 8.10. The minimum Gasteiger partial charge on any atom is -0.361 e. The number of H-pyrrole nitrogens is 1. The summed E-state index contributed by atoms with van der Waals surface area (Å²) in [5.41, 5.74) is 3.21. The number of aromatic nitrogens is 1. The predicted molar refractivity (Wildman–Crippen MR) is 113 cm³/mol. The van der Waals surface area contributed by atoms with Gasteiger partial charge in [0, 0.05) is 23.6 Å². The Labute approximate surface area is 166 Å². The van der Waals surface area contributed by atoms with Crippen LogP contribution in [-0.2, 0) is 6.42 Å². The number of carbonyl (C=O) groups excluding carboxylic acids is 2. The third-order valence-electron chi connectivity index (χ3n) is 4.52. The maximum atomic E-state index is 12.7. The third-order valence-corrected chi connectivity index (χ3v) is 5.39. The van der Waals surface area contributed by atoms with Crippen LogP contribution < -0.4 is 10.6 Å². The van der Waals surface area contributed by atoms with Crippen molar-refractivity contribution in [2.24, 2.45) is 0 Å². The second-order valence-electron chi connectivity index (χ2n) is 6.34. The van der Waals surface area contributed by atoms with Crippen LogP contribution in [0.1, 0.15) is 25.6 Å². The molecule has 2 aromatic carbocycles. The quantitative estimate of drug-likeness (QED) is 0.456. The Hall–Kier alpha value is -3.38. The van der Waals surface area contributed by atoms with Gasteiger partial charge in [-0.15, -0.1) is 11.3 Å². The van der Waals surface area contributed by atoms with E-state index in [1.807, 2.05) is 35.8 Å². The van der Waals surface area contributed by atoms with Gasteiger partial charge in [-0.2, -0.15) is 0 Å². The van der Waals surface area contributed by atoms with Crippen LogP contribution in [0, 0.1) is 0 Å². The molecule has 0 spiro atoms. The normalized spacial score (nSPS) is 10.7. The molecule has 28 heavy (non-hydrogen) atoms. The van der Waals surface area contributed by atoms with E-state index < -0.39 is 0 Å². The first-order valence-corrected chi connectivity index (χ1v) is 9.87. The molecule has 0 unspecified atom stereocenters. The molecule has 0 saturated carbocycles. The highest BCUT2D eigenvalue weighted by molar-refractivity contribution is 7.12. The van der Waals surface area contributed by atoms with Crippen LogP contribution in [0.15, 0.2) is 72.2 Å². The van der Waals surface area contributed by atoms with Crippen LogP contribution in [0.4, 0.5) is 5.69 Å². The van der Waals surface area contributed by atoms with E-state index in [1.165, 1.54) is 16.7 Å². The Kier molecular flexibility index (Phi) is 5.21. The number of anilines is 1. The molecule has 2 heterocycles. The molecular formula is C22H19N3O2S. The van der Waals surface area contributed by atoms with Crippen molar-refractivity contribution in [3.8, 4) is 0 Å². The lowest BCUT2D eigenvalue weighted by Gasteiger charge is -2.11. The van der Waals surface area contributed by atoms with Crippen molar-refractivity contribution in [1.29, 1.82) is 0 Å². The topological polar surface area (TPSA) is 74.0 Å². The molecule has 3 N–H and O–H groups in total. The van der Waals surface area contributed by atoms with Gasteiger partial charge in [0.05, 0.1) is 16.1 Å². The SMILES string of the molecule is O=C(Nc1ccccc1C(=O)NCCc1c[nH]c2ccccc12)c1cccs1. The van der Waals surface area contributed by atoms with Crippen molar-refractivity contribution in [3.05, 3.63) is 88.2 Å².